The molecule has 0 aliphatic carbocycles. The molecule has 94 valence electrons. The third-order valence-corrected chi connectivity index (χ3v) is 3.16. The molecule has 1 amide bonds. The number of aromatic nitrogens is 3. The SMILES string of the molecule is CC(NC(=O)[C@H]1CCCNC1)c1nncn1C. The number of hydrogen-bond donors (Lipinski definition) is 2. The summed E-state index contributed by atoms with van der Waals surface area (Å²) in [5.41, 5.74) is 0. The fourth-order valence-corrected chi connectivity index (χ4v) is 2.16. The Bertz CT molecular complexity index is 383. The van der Waals surface area contributed by atoms with Gasteiger partial charge in [-0.05, 0) is 26.3 Å². The number of rotatable bonds is 3. The van der Waals surface area contributed by atoms with Crippen molar-refractivity contribution in [1.29, 1.82) is 0 Å². The van der Waals surface area contributed by atoms with Gasteiger partial charge in [-0.15, -0.1) is 10.2 Å². The summed E-state index contributed by atoms with van der Waals surface area (Å²) in [6, 6.07) is -0.100. The van der Waals surface area contributed by atoms with Gasteiger partial charge < -0.3 is 15.2 Å². The summed E-state index contributed by atoms with van der Waals surface area (Å²) >= 11 is 0. The van der Waals surface area contributed by atoms with Gasteiger partial charge in [-0.3, -0.25) is 4.79 Å². The van der Waals surface area contributed by atoms with Crippen molar-refractivity contribution in [2.45, 2.75) is 25.8 Å². The number of hydrogen-bond acceptors (Lipinski definition) is 4. The molecule has 2 rings (SSSR count). The van der Waals surface area contributed by atoms with Gasteiger partial charge in [0.2, 0.25) is 5.91 Å². The second-order valence-electron chi connectivity index (χ2n) is 4.57. The Kier molecular flexibility index (Phi) is 3.73. The number of piperidine rings is 1. The lowest BCUT2D eigenvalue weighted by molar-refractivity contribution is -0.126. The van der Waals surface area contributed by atoms with Crippen LogP contribution in [0.2, 0.25) is 0 Å². The Labute approximate surface area is 101 Å². The van der Waals surface area contributed by atoms with Crippen molar-refractivity contribution in [1.82, 2.24) is 25.4 Å². The molecule has 1 aromatic heterocycles. The van der Waals surface area contributed by atoms with E-state index >= 15 is 0 Å². The molecule has 6 nitrogen and oxygen atoms in total. The summed E-state index contributed by atoms with van der Waals surface area (Å²) in [6.45, 7) is 3.72. The minimum absolute atomic E-state index is 0.0828. The largest absolute Gasteiger partial charge is 0.346 e. The Morgan fingerprint density at radius 2 is 2.53 bits per heavy atom. The number of nitrogens with zero attached hydrogens (tertiary/aromatic N) is 3. The molecule has 1 saturated heterocycles. The Balaban J connectivity index is 1.92. The average Bonchev–Trinajstić information content (AvgIpc) is 2.76. The van der Waals surface area contributed by atoms with E-state index in [0.29, 0.717) is 0 Å². The topological polar surface area (TPSA) is 71.8 Å². The molecule has 0 saturated carbocycles. The number of amides is 1. The molecular weight excluding hydrogens is 218 g/mol. The van der Waals surface area contributed by atoms with Crippen molar-refractivity contribution in [3.63, 3.8) is 0 Å². The molecule has 1 fully saturated rings. The molecule has 0 radical (unpaired) electrons. The highest BCUT2D eigenvalue weighted by atomic mass is 16.2. The first kappa shape index (κ1) is 12.0. The van der Waals surface area contributed by atoms with Crippen molar-refractivity contribution in [2.75, 3.05) is 13.1 Å². The summed E-state index contributed by atoms with van der Waals surface area (Å²) in [6.07, 6.45) is 3.67. The molecule has 1 aliphatic rings. The maximum Gasteiger partial charge on any atom is 0.224 e. The van der Waals surface area contributed by atoms with Gasteiger partial charge in [0.15, 0.2) is 5.82 Å². The average molecular weight is 237 g/mol. The molecule has 6 heteroatoms. The predicted octanol–water partition coefficient (Wildman–Crippen LogP) is -0.00810. The highest BCUT2D eigenvalue weighted by molar-refractivity contribution is 5.79. The summed E-state index contributed by atoms with van der Waals surface area (Å²) in [7, 11) is 1.88. The fraction of sp³-hybridized carbons (Fsp3) is 0.727. The van der Waals surface area contributed by atoms with Crippen LogP contribution in [-0.2, 0) is 11.8 Å². The minimum Gasteiger partial charge on any atom is -0.346 e. The Morgan fingerprint density at radius 1 is 1.71 bits per heavy atom. The highest BCUT2D eigenvalue weighted by Gasteiger charge is 2.23. The quantitative estimate of drug-likeness (QED) is 0.775. The molecule has 2 heterocycles. The highest BCUT2D eigenvalue weighted by Crippen LogP contribution is 2.13. The number of carbonyl (C=O) groups excluding carboxylic acids is 1. The zero-order valence-electron chi connectivity index (χ0n) is 10.3. The third kappa shape index (κ3) is 2.82. The summed E-state index contributed by atoms with van der Waals surface area (Å²) in [5.74, 6) is 0.967. The molecule has 17 heavy (non-hydrogen) atoms. The molecule has 0 aromatic carbocycles. The maximum atomic E-state index is 12.0. The summed E-state index contributed by atoms with van der Waals surface area (Å²) in [5, 5.41) is 14.0. The first-order valence-corrected chi connectivity index (χ1v) is 6.03. The van der Waals surface area contributed by atoms with E-state index in [-0.39, 0.29) is 17.9 Å². The van der Waals surface area contributed by atoms with Crippen molar-refractivity contribution in [3.05, 3.63) is 12.2 Å². The zero-order valence-corrected chi connectivity index (χ0v) is 10.3. The van der Waals surface area contributed by atoms with E-state index in [1.165, 1.54) is 0 Å². The first-order valence-electron chi connectivity index (χ1n) is 6.03. The molecule has 1 unspecified atom stereocenters. The molecule has 1 aliphatic heterocycles. The van der Waals surface area contributed by atoms with Gasteiger partial charge in [-0.1, -0.05) is 0 Å². The summed E-state index contributed by atoms with van der Waals surface area (Å²) < 4.78 is 1.82. The fourth-order valence-electron chi connectivity index (χ4n) is 2.16. The molecule has 0 spiro atoms. The van der Waals surface area contributed by atoms with E-state index in [0.717, 1.165) is 31.8 Å². The molecule has 0 bridgehead atoms. The lowest BCUT2D eigenvalue weighted by Gasteiger charge is -2.23. The second kappa shape index (κ2) is 5.27. The van der Waals surface area contributed by atoms with E-state index < -0.39 is 0 Å². The van der Waals surface area contributed by atoms with Crippen molar-refractivity contribution in [3.8, 4) is 0 Å². The molecule has 2 N–H and O–H groups in total. The van der Waals surface area contributed by atoms with Gasteiger partial charge >= 0.3 is 0 Å². The van der Waals surface area contributed by atoms with Crippen molar-refractivity contribution in [2.24, 2.45) is 13.0 Å². The number of aryl methyl sites for hydroxylation is 1. The standard InChI is InChI=1S/C11H19N5O/c1-8(10-15-13-7-16(10)2)14-11(17)9-4-3-5-12-6-9/h7-9,12H,3-6H2,1-2H3,(H,14,17)/t8?,9-/m0/s1. The van der Waals surface area contributed by atoms with E-state index in [4.69, 9.17) is 0 Å². The molecule has 1 aromatic rings. The van der Waals surface area contributed by atoms with Crippen LogP contribution in [0.1, 0.15) is 31.6 Å². The van der Waals surface area contributed by atoms with Gasteiger partial charge in [0, 0.05) is 13.6 Å². The van der Waals surface area contributed by atoms with E-state index in [2.05, 4.69) is 20.8 Å². The van der Waals surface area contributed by atoms with Crippen LogP contribution >= 0.6 is 0 Å². The zero-order chi connectivity index (χ0) is 12.3. The first-order chi connectivity index (χ1) is 8.18. The predicted molar refractivity (Wildman–Crippen MR) is 63.2 cm³/mol. The van der Waals surface area contributed by atoms with Gasteiger partial charge in [-0.2, -0.15) is 0 Å². The van der Waals surface area contributed by atoms with Gasteiger partial charge in [0.05, 0.1) is 12.0 Å². The van der Waals surface area contributed by atoms with Crippen LogP contribution in [-0.4, -0.2) is 33.8 Å². The van der Waals surface area contributed by atoms with E-state index in [9.17, 15) is 4.79 Å². The van der Waals surface area contributed by atoms with Crippen LogP contribution in [0.3, 0.4) is 0 Å². The lowest BCUT2D eigenvalue weighted by Crippen LogP contribution is -2.41. The van der Waals surface area contributed by atoms with Crippen molar-refractivity contribution >= 4 is 5.91 Å². The van der Waals surface area contributed by atoms with Gasteiger partial charge in [-0.25, -0.2) is 0 Å². The van der Waals surface area contributed by atoms with Crippen LogP contribution in [0.4, 0.5) is 0 Å². The third-order valence-electron chi connectivity index (χ3n) is 3.16. The van der Waals surface area contributed by atoms with Crippen molar-refractivity contribution < 1.29 is 4.79 Å². The maximum absolute atomic E-state index is 12.0. The molecular formula is C11H19N5O. The monoisotopic (exact) mass is 237 g/mol. The van der Waals surface area contributed by atoms with Crippen LogP contribution in [0.15, 0.2) is 6.33 Å². The normalized spacial score (nSPS) is 22.1. The molecule has 2 atom stereocenters. The Hall–Kier alpha value is -1.43. The van der Waals surface area contributed by atoms with Crippen LogP contribution in [0.5, 0.6) is 0 Å². The second-order valence-corrected chi connectivity index (χ2v) is 4.57. The van der Waals surface area contributed by atoms with Gasteiger partial charge in [0.1, 0.15) is 6.33 Å². The number of nitrogens with one attached hydrogen (secondary N) is 2. The smallest absolute Gasteiger partial charge is 0.224 e. The summed E-state index contributed by atoms with van der Waals surface area (Å²) in [4.78, 5) is 12.0. The van der Waals surface area contributed by atoms with Crippen LogP contribution in [0, 0.1) is 5.92 Å². The number of carbonyl (C=O) groups is 1. The van der Waals surface area contributed by atoms with Gasteiger partial charge in [0.25, 0.3) is 0 Å². The minimum atomic E-state index is -0.100. The Morgan fingerprint density at radius 3 is 3.12 bits per heavy atom. The lowest BCUT2D eigenvalue weighted by atomic mass is 9.98. The van der Waals surface area contributed by atoms with E-state index in [1.807, 2.05) is 18.5 Å². The van der Waals surface area contributed by atoms with Crippen LogP contribution in [0.25, 0.3) is 0 Å². The van der Waals surface area contributed by atoms with E-state index in [1.54, 1.807) is 6.33 Å². The van der Waals surface area contributed by atoms with Crippen LogP contribution < -0.4 is 10.6 Å².